The van der Waals surface area contributed by atoms with Crippen LogP contribution in [0.3, 0.4) is 0 Å². The first-order valence-corrected chi connectivity index (χ1v) is 12.4. The third-order valence-electron chi connectivity index (χ3n) is 6.60. The van der Waals surface area contributed by atoms with E-state index in [0.717, 1.165) is 74.7 Å². The molecule has 7 nitrogen and oxygen atoms in total. The summed E-state index contributed by atoms with van der Waals surface area (Å²) in [6.45, 7) is 6.88. The predicted molar refractivity (Wildman–Crippen MR) is 139 cm³/mol. The molecule has 0 aliphatic carbocycles. The average Bonchev–Trinajstić information content (AvgIpc) is 3.32. The number of ether oxygens (including phenoxy) is 2. The first-order valence-electron chi connectivity index (χ1n) is 12.4. The standard InChI is InChI=1S/C28H33N5O2/c1-34-26-8-6-7-24(21-26)32-18-16-31(17-19-32)15-4-5-20-35-25-13-11-23(12-14-25)22-33-28-10-3-2-9-27(28)29-30-33/h2-3,6-14,21H,4-5,15-20,22H2,1H3. The molecule has 0 bridgehead atoms. The molecular weight excluding hydrogens is 438 g/mol. The van der Waals surface area contributed by atoms with Crippen LogP contribution in [-0.2, 0) is 6.54 Å². The zero-order valence-electron chi connectivity index (χ0n) is 20.3. The number of nitrogens with zero attached hydrogens (tertiary/aromatic N) is 5. The number of hydrogen-bond donors (Lipinski definition) is 0. The number of piperazine rings is 1. The van der Waals surface area contributed by atoms with Gasteiger partial charge in [-0.25, -0.2) is 4.68 Å². The fraction of sp³-hybridized carbons (Fsp3) is 0.357. The molecule has 0 saturated carbocycles. The quantitative estimate of drug-likeness (QED) is 0.318. The Morgan fingerprint density at radius 2 is 1.66 bits per heavy atom. The van der Waals surface area contributed by atoms with Crippen molar-refractivity contribution in [3.8, 4) is 11.5 Å². The third-order valence-corrected chi connectivity index (χ3v) is 6.60. The molecule has 3 aromatic carbocycles. The van der Waals surface area contributed by atoms with Crippen molar-refractivity contribution >= 4 is 16.7 Å². The third kappa shape index (κ3) is 5.92. The predicted octanol–water partition coefficient (Wildman–Crippen LogP) is 4.47. The molecule has 0 N–H and O–H groups in total. The smallest absolute Gasteiger partial charge is 0.120 e. The zero-order valence-corrected chi connectivity index (χ0v) is 20.3. The number of fused-ring (bicyclic) bond motifs is 1. The van der Waals surface area contributed by atoms with E-state index in [-0.39, 0.29) is 0 Å². The first-order chi connectivity index (χ1) is 17.3. The highest BCUT2D eigenvalue weighted by molar-refractivity contribution is 5.73. The van der Waals surface area contributed by atoms with Gasteiger partial charge in [-0.15, -0.1) is 5.10 Å². The number of unbranched alkanes of at least 4 members (excludes halogenated alkanes) is 1. The summed E-state index contributed by atoms with van der Waals surface area (Å²) in [4.78, 5) is 5.00. The second kappa shape index (κ2) is 11.2. The van der Waals surface area contributed by atoms with E-state index < -0.39 is 0 Å². The van der Waals surface area contributed by atoms with Crippen molar-refractivity contribution in [3.05, 3.63) is 78.4 Å². The van der Waals surface area contributed by atoms with Crippen LogP contribution < -0.4 is 14.4 Å². The molecule has 0 spiro atoms. The van der Waals surface area contributed by atoms with Gasteiger partial charge in [0, 0.05) is 37.9 Å². The lowest BCUT2D eigenvalue weighted by molar-refractivity contribution is 0.238. The van der Waals surface area contributed by atoms with E-state index in [1.54, 1.807) is 7.11 Å². The molecule has 1 aliphatic rings. The summed E-state index contributed by atoms with van der Waals surface area (Å²) >= 11 is 0. The van der Waals surface area contributed by atoms with Gasteiger partial charge in [-0.05, 0) is 61.3 Å². The Bertz CT molecular complexity index is 1220. The average molecular weight is 472 g/mol. The van der Waals surface area contributed by atoms with Crippen LogP contribution in [0.1, 0.15) is 18.4 Å². The summed E-state index contributed by atoms with van der Waals surface area (Å²) in [7, 11) is 1.72. The maximum Gasteiger partial charge on any atom is 0.120 e. The molecule has 1 aromatic heterocycles. The zero-order chi connectivity index (χ0) is 23.9. The Morgan fingerprint density at radius 1 is 0.829 bits per heavy atom. The number of para-hydroxylation sites is 1. The molecule has 5 rings (SSSR count). The Labute approximate surface area is 206 Å². The van der Waals surface area contributed by atoms with E-state index in [1.165, 1.54) is 11.3 Å². The highest BCUT2D eigenvalue weighted by Gasteiger charge is 2.17. The summed E-state index contributed by atoms with van der Waals surface area (Å²) in [6, 6.07) is 24.7. The summed E-state index contributed by atoms with van der Waals surface area (Å²) in [5.41, 5.74) is 4.40. The number of rotatable bonds is 10. The molecule has 0 unspecified atom stereocenters. The monoisotopic (exact) mass is 471 g/mol. The van der Waals surface area contributed by atoms with Crippen molar-refractivity contribution in [1.82, 2.24) is 19.9 Å². The largest absolute Gasteiger partial charge is 0.497 e. The van der Waals surface area contributed by atoms with Crippen LogP contribution in [0.2, 0.25) is 0 Å². The van der Waals surface area contributed by atoms with Gasteiger partial charge in [0.05, 0.1) is 25.8 Å². The number of anilines is 1. The van der Waals surface area contributed by atoms with Crippen LogP contribution in [0.5, 0.6) is 11.5 Å². The summed E-state index contributed by atoms with van der Waals surface area (Å²) in [6.07, 6.45) is 2.21. The molecule has 1 aliphatic heterocycles. The van der Waals surface area contributed by atoms with Crippen LogP contribution in [0.4, 0.5) is 5.69 Å². The van der Waals surface area contributed by atoms with Gasteiger partial charge in [0.1, 0.15) is 17.0 Å². The minimum Gasteiger partial charge on any atom is -0.497 e. The van der Waals surface area contributed by atoms with Crippen molar-refractivity contribution in [1.29, 1.82) is 0 Å². The molecule has 1 fully saturated rings. The minimum atomic E-state index is 0.700. The van der Waals surface area contributed by atoms with E-state index in [0.29, 0.717) is 6.54 Å². The van der Waals surface area contributed by atoms with Crippen molar-refractivity contribution in [2.45, 2.75) is 19.4 Å². The van der Waals surface area contributed by atoms with E-state index in [2.05, 4.69) is 50.4 Å². The second-order valence-electron chi connectivity index (χ2n) is 8.97. The maximum atomic E-state index is 5.98. The molecule has 4 aromatic rings. The number of benzene rings is 3. The summed E-state index contributed by atoms with van der Waals surface area (Å²) < 4.78 is 13.3. The molecule has 7 heteroatoms. The van der Waals surface area contributed by atoms with E-state index >= 15 is 0 Å². The Hall–Kier alpha value is -3.58. The summed E-state index contributed by atoms with van der Waals surface area (Å²) in [5.74, 6) is 1.84. The lowest BCUT2D eigenvalue weighted by atomic mass is 10.2. The molecule has 0 amide bonds. The van der Waals surface area contributed by atoms with Gasteiger partial charge >= 0.3 is 0 Å². The topological polar surface area (TPSA) is 55.7 Å². The molecule has 2 heterocycles. The number of aromatic nitrogens is 3. The van der Waals surface area contributed by atoms with Crippen molar-refractivity contribution in [2.24, 2.45) is 0 Å². The van der Waals surface area contributed by atoms with Gasteiger partial charge < -0.3 is 14.4 Å². The van der Waals surface area contributed by atoms with Crippen LogP contribution >= 0.6 is 0 Å². The molecule has 0 radical (unpaired) electrons. The van der Waals surface area contributed by atoms with Crippen LogP contribution in [-0.4, -0.2) is 66.3 Å². The van der Waals surface area contributed by atoms with E-state index in [1.807, 2.05) is 47.1 Å². The first kappa shape index (κ1) is 23.2. The number of hydrogen-bond acceptors (Lipinski definition) is 6. The van der Waals surface area contributed by atoms with E-state index in [9.17, 15) is 0 Å². The fourth-order valence-corrected chi connectivity index (χ4v) is 4.56. The minimum absolute atomic E-state index is 0.700. The second-order valence-corrected chi connectivity index (χ2v) is 8.97. The highest BCUT2D eigenvalue weighted by Crippen LogP contribution is 2.22. The van der Waals surface area contributed by atoms with Crippen LogP contribution in [0.15, 0.2) is 72.8 Å². The molecular formula is C28H33N5O2. The molecule has 182 valence electrons. The molecule has 1 saturated heterocycles. The Kier molecular flexibility index (Phi) is 7.44. The van der Waals surface area contributed by atoms with Gasteiger partial charge in [0.2, 0.25) is 0 Å². The van der Waals surface area contributed by atoms with Gasteiger partial charge in [-0.1, -0.05) is 35.5 Å². The normalized spacial score (nSPS) is 14.4. The van der Waals surface area contributed by atoms with Gasteiger partial charge in [0.15, 0.2) is 0 Å². The highest BCUT2D eigenvalue weighted by atomic mass is 16.5. The van der Waals surface area contributed by atoms with Crippen molar-refractivity contribution in [2.75, 3.05) is 51.3 Å². The Morgan fingerprint density at radius 3 is 2.49 bits per heavy atom. The van der Waals surface area contributed by atoms with Crippen LogP contribution in [0, 0.1) is 0 Å². The van der Waals surface area contributed by atoms with Crippen LogP contribution in [0.25, 0.3) is 11.0 Å². The lowest BCUT2D eigenvalue weighted by Crippen LogP contribution is -2.46. The van der Waals surface area contributed by atoms with Crippen molar-refractivity contribution < 1.29 is 9.47 Å². The van der Waals surface area contributed by atoms with E-state index in [4.69, 9.17) is 9.47 Å². The number of methoxy groups -OCH3 is 1. The lowest BCUT2D eigenvalue weighted by Gasteiger charge is -2.36. The van der Waals surface area contributed by atoms with Gasteiger partial charge in [-0.2, -0.15) is 0 Å². The van der Waals surface area contributed by atoms with Gasteiger partial charge in [0.25, 0.3) is 0 Å². The van der Waals surface area contributed by atoms with Crippen molar-refractivity contribution in [3.63, 3.8) is 0 Å². The molecule has 0 atom stereocenters. The molecule has 35 heavy (non-hydrogen) atoms. The van der Waals surface area contributed by atoms with Gasteiger partial charge in [-0.3, -0.25) is 4.90 Å². The Balaban J connectivity index is 0.997. The SMILES string of the molecule is COc1cccc(N2CCN(CCCCOc3ccc(Cn4nnc5ccccc54)cc3)CC2)c1. The fourth-order valence-electron chi connectivity index (χ4n) is 4.56. The maximum absolute atomic E-state index is 5.98. The summed E-state index contributed by atoms with van der Waals surface area (Å²) in [5, 5.41) is 8.50.